The number of amides is 1. The predicted molar refractivity (Wildman–Crippen MR) is 102 cm³/mol. The Bertz CT molecular complexity index is 621. The molecule has 0 bridgehead atoms. The SMILES string of the molecule is CCN(CC(=O)O)C1CCN(CC(=O)Nc2sc(C)c(C)c2C)CC1. The normalized spacial score (nSPS) is 16.4. The fourth-order valence-electron chi connectivity index (χ4n) is 3.34. The smallest absolute Gasteiger partial charge is 0.317 e. The molecule has 0 unspecified atom stereocenters. The first-order chi connectivity index (χ1) is 11.8. The van der Waals surface area contributed by atoms with Gasteiger partial charge in [-0.3, -0.25) is 19.4 Å². The van der Waals surface area contributed by atoms with Crippen LogP contribution in [0.5, 0.6) is 0 Å². The van der Waals surface area contributed by atoms with Crippen molar-refractivity contribution in [3.05, 3.63) is 16.0 Å². The molecule has 1 aromatic heterocycles. The highest BCUT2D eigenvalue weighted by molar-refractivity contribution is 7.16. The van der Waals surface area contributed by atoms with Crippen molar-refractivity contribution >= 4 is 28.2 Å². The molecule has 0 aromatic carbocycles. The van der Waals surface area contributed by atoms with Crippen molar-refractivity contribution in [3.63, 3.8) is 0 Å². The summed E-state index contributed by atoms with van der Waals surface area (Å²) in [5, 5.41) is 13.0. The number of carbonyl (C=O) groups excluding carboxylic acids is 1. The van der Waals surface area contributed by atoms with Crippen LogP contribution < -0.4 is 5.32 Å². The molecule has 1 amide bonds. The summed E-state index contributed by atoms with van der Waals surface area (Å²) >= 11 is 1.63. The fourth-order valence-corrected chi connectivity index (χ4v) is 4.43. The number of aryl methyl sites for hydroxylation is 1. The number of carboxylic acids is 1. The van der Waals surface area contributed by atoms with Crippen LogP contribution in [0.15, 0.2) is 0 Å². The third-order valence-corrected chi connectivity index (χ3v) is 6.35. The Labute approximate surface area is 153 Å². The van der Waals surface area contributed by atoms with Crippen LogP contribution in [0.2, 0.25) is 0 Å². The minimum Gasteiger partial charge on any atom is -0.480 e. The van der Waals surface area contributed by atoms with Crippen LogP contribution in [0.3, 0.4) is 0 Å². The van der Waals surface area contributed by atoms with Crippen LogP contribution in [0.4, 0.5) is 5.00 Å². The van der Waals surface area contributed by atoms with Crippen molar-refractivity contribution in [2.45, 2.75) is 46.6 Å². The molecule has 2 N–H and O–H groups in total. The van der Waals surface area contributed by atoms with E-state index in [0.717, 1.165) is 43.0 Å². The molecule has 0 atom stereocenters. The summed E-state index contributed by atoms with van der Waals surface area (Å²) in [6.07, 6.45) is 1.81. The zero-order valence-corrected chi connectivity index (χ0v) is 16.4. The average molecular weight is 368 g/mol. The molecule has 25 heavy (non-hydrogen) atoms. The molecule has 1 aromatic rings. The van der Waals surface area contributed by atoms with Gasteiger partial charge in [-0.25, -0.2) is 0 Å². The average Bonchev–Trinajstić information content (AvgIpc) is 2.80. The number of hydrogen-bond donors (Lipinski definition) is 2. The van der Waals surface area contributed by atoms with Crippen LogP contribution in [0.25, 0.3) is 0 Å². The van der Waals surface area contributed by atoms with Crippen LogP contribution in [0.1, 0.15) is 35.8 Å². The van der Waals surface area contributed by atoms with E-state index < -0.39 is 5.97 Å². The van der Waals surface area contributed by atoms with Crippen molar-refractivity contribution in [2.75, 3.05) is 38.0 Å². The number of aliphatic carboxylic acids is 1. The largest absolute Gasteiger partial charge is 0.480 e. The summed E-state index contributed by atoms with van der Waals surface area (Å²) in [5.41, 5.74) is 2.40. The van der Waals surface area contributed by atoms with Crippen molar-refractivity contribution in [2.24, 2.45) is 0 Å². The maximum Gasteiger partial charge on any atom is 0.317 e. The standard InChI is InChI=1S/C18H29N3O3S/c1-5-21(11-17(23)24)15-6-8-20(9-7-15)10-16(22)19-18-13(3)12(2)14(4)25-18/h15H,5-11H2,1-4H3,(H,19,22)(H,23,24). The number of thiophene rings is 1. The maximum absolute atomic E-state index is 12.3. The molecule has 140 valence electrons. The predicted octanol–water partition coefficient (Wildman–Crippen LogP) is 2.48. The van der Waals surface area contributed by atoms with Crippen molar-refractivity contribution in [3.8, 4) is 0 Å². The number of likely N-dealkylation sites (tertiary alicyclic amines) is 1. The van der Waals surface area contributed by atoms with Crippen LogP contribution in [-0.4, -0.2) is 65.5 Å². The lowest BCUT2D eigenvalue weighted by Gasteiger charge is -2.37. The molecule has 1 aliphatic heterocycles. The van der Waals surface area contributed by atoms with Crippen molar-refractivity contribution < 1.29 is 14.7 Å². The molecule has 0 spiro atoms. The van der Waals surface area contributed by atoms with Gasteiger partial charge in [-0.2, -0.15) is 0 Å². The monoisotopic (exact) mass is 367 g/mol. The lowest BCUT2D eigenvalue weighted by atomic mass is 10.0. The first-order valence-corrected chi connectivity index (χ1v) is 9.68. The van der Waals surface area contributed by atoms with E-state index in [2.05, 4.69) is 24.1 Å². The summed E-state index contributed by atoms with van der Waals surface area (Å²) in [6.45, 7) is 11.1. The van der Waals surface area contributed by atoms with Gasteiger partial charge in [-0.05, 0) is 51.3 Å². The molecule has 0 radical (unpaired) electrons. The van der Waals surface area contributed by atoms with Gasteiger partial charge in [0.05, 0.1) is 18.1 Å². The fraction of sp³-hybridized carbons (Fsp3) is 0.667. The molecule has 0 aliphatic carbocycles. The van der Waals surface area contributed by atoms with Gasteiger partial charge >= 0.3 is 5.97 Å². The van der Waals surface area contributed by atoms with E-state index in [1.807, 2.05) is 18.7 Å². The third-order valence-electron chi connectivity index (χ3n) is 5.12. The van der Waals surface area contributed by atoms with Gasteiger partial charge in [0.25, 0.3) is 0 Å². The highest BCUT2D eigenvalue weighted by atomic mass is 32.1. The third kappa shape index (κ3) is 5.26. The van der Waals surface area contributed by atoms with Crippen LogP contribution in [0, 0.1) is 20.8 Å². The first-order valence-electron chi connectivity index (χ1n) is 8.86. The van der Waals surface area contributed by atoms with E-state index in [1.165, 1.54) is 10.4 Å². The van der Waals surface area contributed by atoms with E-state index in [4.69, 9.17) is 5.11 Å². The topological polar surface area (TPSA) is 72.9 Å². The molecule has 2 heterocycles. The Morgan fingerprint density at radius 2 is 1.88 bits per heavy atom. The highest BCUT2D eigenvalue weighted by Crippen LogP contribution is 2.31. The van der Waals surface area contributed by atoms with Crippen molar-refractivity contribution in [1.82, 2.24) is 9.80 Å². The van der Waals surface area contributed by atoms with Crippen LogP contribution in [-0.2, 0) is 9.59 Å². The summed E-state index contributed by atoms with van der Waals surface area (Å²) in [5.74, 6) is -0.749. The zero-order chi connectivity index (χ0) is 18.6. The summed E-state index contributed by atoms with van der Waals surface area (Å²) < 4.78 is 0. The molecule has 1 fully saturated rings. The number of carbonyl (C=O) groups is 2. The Balaban J connectivity index is 1.82. The second-order valence-electron chi connectivity index (χ2n) is 6.75. The second kappa shape index (κ2) is 8.78. The van der Waals surface area contributed by atoms with Crippen LogP contribution >= 0.6 is 11.3 Å². The quantitative estimate of drug-likeness (QED) is 0.775. The summed E-state index contributed by atoms with van der Waals surface area (Å²) in [4.78, 5) is 28.7. The van der Waals surface area contributed by atoms with E-state index in [0.29, 0.717) is 12.6 Å². The van der Waals surface area contributed by atoms with E-state index in [-0.39, 0.29) is 12.5 Å². The molecule has 2 rings (SSSR count). The molecule has 1 aliphatic rings. The van der Waals surface area contributed by atoms with Gasteiger partial charge in [-0.1, -0.05) is 6.92 Å². The van der Waals surface area contributed by atoms with Gasteiger partial charge in [0, 0.05) is 24.0 Å². The number of hydrogen-bond acceptors (Lipinski definition) is 5. The van der Waals surface area contributed by atoms with Gasteiger partial charge in [-0.15, -0.1) is 11.3 Å². The second-order valence-corrected chi connectivity index (χ2v) is 7.97. The molecule has 7 heteroatoms. The van der Waals surface area contributed by atoms with Crippen molar-refractivity contribution in [1.29, 1.82) is 0 Å². The molecule has 6 nitrogen and oxygen atoms in total. The van der Waals surface area contributed by atoms with Gasteiger partial charge in [0.15, 0.2) is 0 Å². The Morgan fingerprint density at radius 3 is 2.36 bits per heavy atom. The number of likely N-dealkylation sites (N-methyl/N-ethyl adjacent to an activating group) is 1. The number of piperidine rings is 1. The first kappa shape index (κ1) is 19.9. The lowest BCUT2D eigenvalue weighted by Crippen LogP contribution is -2.48. The number of carboxylic acid groups (broad SMARTS) is 1. The molecular formula is C18H29N3O3S. The van der Waals surface area contributed by atoms with E-state index in [1.54, 1.807) is 11.3 Å². The molecule has 1 saturated heterocycles. The Morgan fingerprint density at radius 1 is 1.24 bits per heavy atom. The number of nitrogens with zero attached hydrogens (tertiary/aromatic N) is 2. The lowest BCUT2D eigenvalue weighted by molar-refractivity contribution is -0.139. The Kier molecular flexibility index (Phi) is 6.98. The van der Waals surface area contributed by atoms with Gasteiger partial charge in [0.2, 0.25) is 5.91 Å². The van der Waals surface area contributed by atoms with Gasteiger partial charge in [0.1, 0.15) is 0 Å². The molecule has 0 saturated carbocycles. The number of rotatable bonds is 7. The van der Waals surface area contributed by atoms with E-state index >= 15 is 0 Å². The van der Waals surface area contributed by atoms with Gasteiger partial charge < -0.3 is 10.4 Å². The minimum absolute atomic E-state index is 0.0284. The molecular weight excluding hydrogens is 338 g/mol. The maximum atomic E-state index is 12.3. The Hall–Kier alpha value is -1.44. The zero-order valence-electron chi connectivity index (χ0n) is 15.6. The number of anilines is 1. The van der Waals surface area contributed by atoms with E-state index in [9.17, 15) is 9.59 Å². The highest BCUT2D eigenvalue weighted by Gasteiger charge is 2.26. The number of nitrogens with one attached hydrogen (secondary N) is 1. The summed E-state index contributed by atoms with van der Waals surface area (Å²) in [6, 6.07) is 0.297. The summed E-state index contributed by atoms with van der Waals surface area (Å²) in [7, 11) is 0. The minimum atomic E-state index is -0.777.